The van der Waals surface area contributed by atoms with Gasteiger partial charge < -0.3 is 14.2 Å². The summed E-state index contributed by atoms with van der Waals surface area (Å²) in [6, 6.07) is 0. The van der Waals surface area contributed by atoms with Crippen molar-refractivity contribution in [1.29, 1.82) is 0 Å². The highest BCUT2D eigenvalue weighted by Crippen LogP contribution is 2.70. The summed E-state index contributed by atoms with van der Waals surface area (Å²) < 4.78 is 17.3. The summed E-state index contributed by atoms with van der Waals surface area (Å²) in [6.45, 7) is 11.5. The minimum atomic E-state index is -0.444. The van der Waals surface area contributed by atoms with E-state index in [-0.39, 0.29) is 34.6 Å². The van der Waals surface area contributed by atoms with E-state index in [9.17, 15) is 9.59 Å². The van der Waals surface area contributed by atoms with Crippen molar-refractivity contribution in [2.45, 2.75) is 85.9 Å². The van der Waals surface area contributed by atoms with E-state index in [1.807, 2.05) is 0 Å². The zero-order valence-corrected chi connectivity index (χ0v) is 18.8. The van der Waals surface area contributed by atoms with Gasteiger partial charge in [0.2, 0.25) is 6.29 Å². The van der Waals surface area contributed by atoms with E-state index in [1.165, 1.54) is 39.5 Å². The molecule has 0 spiro atoms. The molecule has 1 heterocycles. The summed E-state index contributed by atoms with van der Waals surface area (Å²) >= 11 is 0. The van der Waals surface area contributed by atoms with Crippen LogP contribution in [0, 0.1) is 39.9 Å². The minimum Gasteiger partial charge on any atom is -0.465 e. The van der Waals surface area contributed by atoms with E-state index in [4.69, 9.17) is 14.2 Å². The molecule has 1 saturated heterocycles. The van der Waals surface area contributed by atoms with E-state index >= 15 is 0 Å². The first-order chi connectivity index (χ1) is 13.6. The first-order valence-electron chi connectivity index (χ1n) is 11.5. The zero-order valence-electron chi connectivity index (χ0n) is 18.8. The molecule has 1 aliphatic heterocycles. The average Bonchev–Trinajstić information content (AvgIpc) is 3.02. The van der Waals surface area contributed by atoms with Crippen molar-refractivity contribution in [1.82, 2.24) is 0 Å². The van der Waals surface area contributed by atoms with Crippen molar-refractivity contribution < 1.29 is 23.8 Å². The van der Waals surface area contributed by atoms with Crippen LogP contribution in [0.2, 0.25) is 0 Å². The van der Waals surface area contributed by atoms with Gasteiger partial charge in [0.15, 0.2) is 0 Å². The highest BCUT2D eigenvalue weighted by atomic mass is 16.7. The molecule has 4 aliphatic rings. The van der Waals surface area contributed by atoms with Gasteiger partial charge in [-0.2, -0.15) is 0 Å². The van der Waals surface area contributed by atoms with Crippen LogP contribution in [-0.4, -0.2) is 31.4 Å². The SMILES string of the molecule is CC(=O)OC[C@@]12CC[C@H]3C(C)(C)CCC[C@]3(C)[C@H]1CC[C@H]1[C@H](OC(C)=O)OC[C@H]12. The van der Waals surface area contributed by atoms with Gasteiger partial charge >= 0.3 is 11.9 Å². The summed E-state index contributed by atoms with van der Waals surface area (Å²) in [5.74, 6) is 1.25. The van der Waals surface area contributed by atoms with Crippen molar-refractivity contribution in [3.05, 3.63) is 0 Å². The molecule has 0 N–H and O–H groups in total. The number of esters is 2. The summed E-state index contributed by atoms with van der Waals surface area (Å²) in [6.07, 6.45) is 7.79. The van der Waals surface area contributed by atoms with Gasteiger partial charge in [-0.3, -0.25) is 9.59 Å². The van der Waals surface area contributed by atoms with Crippen LogP contribution in [0.1, 0.15) is 79.6 Å². The molecule has 7 atom stereocenters. The second-order valence-corrected chi connectivity index (χ2v) is 11.2. The van der Waals surface area contributed by atoms with Crippen LogP contribution >= 0.6 is 0 Å². The zero-order chi connectivity index (χ0) is 21.0. The normalized spacial score (nSPS) is 45.5. The van der Waals surface area contributed by atoms with Crippen LogP contribution in [-0.2, 0) is 23.8 Å². The second-order valence-electron chi connectivity index (χ2n) is 11.2. The van der Waals surface area contributed by atoms with Crippen molar-refractivity contribution in [3.63, 3.8) is 0 Å². The highest BCUT2D eigenvalue weighted by Gasteiger charge is 2.66. The lowest BCUT2D eigenvalue weighted by molar-refractivity contribution is -0.204. The van der Waals surface area contributed by atoms with Gasteiger partial charge in [-0.05, 0) is 61.2 Å². The summed E-state index contributed by atoms with van der Waals surface area (Å²) in [5.41, 5.74) is 0.566. The van der Waals surface area contributed by atoms with Crippen LogP contribution in [0.25, 0.3) is 0 Å². The third-order valence-corrected chi connectivity index (χ3v) is 9.32. The minimum absolute atomic E-state index is 0.0673. The largest absolute Gasteiger partial charge is 0.465 e. The first-order valence-corrected chi connectivity index (χ1v) is 11.5. The van der Waals surface area contributed by atoms with Gasteiger partial charge in [0.1, 0.15) is 0 Å². The first kappa shape index (κ1) is 21.1. The predicted octanol–water partition coefficient (Wildman–Crippen LogP) is 4.72. The van der Waals surface area contributed by atoms with Gasteiger partial charge in [0.25, 0.3) is 0 Å². The molecule has 0 aromatic carbocycles. The van der Waals surface area contributed by atoms with Gasteiger partial charge in [-0.1, -0.05) is 27.2 Å². The smallest absolute Gasteiger partial charge is 0.304 e. The van der Waals surface area contributed by atoms with Crippen molar-refractivity contribution in [2.24, 2.45) is 39.9 Å². The Morgan fingerprint density at radius 2 is 1.72 bits per heavy atom. The number of hydrogen-bond donors (Lipinski definition) is 0. The maximum absolute atomic E-state index is 11.8. The van der Waals surface area contributed by atoms with Crippen LogP contribution in [0.3, 0.4) is 0 Å². The summed E-state index contributed by atoms with van der Waals surface area (Å²) in [5, 5.41) is 0. The Hall–Kier alpha value is -1.10. The summed E-state index contributed by atoms with van der Waals surface area (Å²) in [4.78, 5) is 23.4. The van der Waals surface area contributed by atoms with E-state index in [1.54, 1.807) is 0 Å². The topological polar surface area (TPSA) is 61.8 Å². The number of carbonyl (C=O) groups is 2. The predicted molar refractivity (Wildman–Crippen MR) is 109 cm³/mol. The lowest BCUT2D eigenvalue weighted by Crippen LogP contribution is -2.62. The average molecular weight is 407 g/mol. The number of rotatable bonds is 3. The number of hydrogen-bond acceptors (Lipinski definition) is 5. The monoisotopic (exact) mass is 406 g/mol. The molecule has 3 saturated carbocycles. The molecule has 3 aliphatic carbocycles. The Kier molecular flexibility index (Phi) is 5.28. The Balaban J connectivity index is 1.70. The molecule has 0 aromatic heterocycles. The molecule has 0 unspecified atom stereocenters. The molecular weight excluding hydrogens is 368 g/mol. The third-order valence-electron chi connectivity index (χ3n) is 9.32. The summed E-state index contributed by atoms with van der Waals surface area (Å²) in [7, 11) is 0. The van der Waals surface area contributed by atoms with Crippen molar-refractivity contribution >= 4 is 11.9 Å². The highest BCUT2D eigenvalue weighted by molar-refractivity contribution is 5.66. The molecule has 0 aromatic rings. The molecule has 0 bridgehead atoms. The molecule has 5 nitrogen and oxygen atoms in total. The number of carbonyl (C=O) groups excluding carboxylic acids is 2. The molecule has 4 rings (SSSR count). The maximum atomic E-state index is 11.8. The second kappa shape index (κ2) is 7.25. The third kappa shape index (κ3) is 3.32. The van der Waals surface area contributed by atoms with Gasteiger partial charge in [-0.15, -0.1) is 0 Å². The standard InChI is InChI=1S/C24H38O5/c1-15(25)28-14-24-12-9-19-22(3,4)10-6-11-23(19,5)20(24)8-7-17-18(24)13-27-21(17)29-16(2)26/h17-21H,6-14H2,1-5H3/t17-,18-,19+,20-,21+,23+,24-/m1/s1. The molecule has 164 valence electrons. The van der Waals surface area contributed by atoms with E-state index < -0.39 is 6.29 Å². The lowest BCUT2D eigenvalue weighted by Gasteiger charge is -2.66. The van der Waals surface area contributed by atoms with Crippen LogP contribution in [0.5, 0.6) is 0 Å². The quantitative estimate of drug-likeness (QED) is 0.635. The molecule has 4 fully saturated rings. The van der Waals surface area contributed by atoms with Crippen LogP contribution < -0.4 is 0 Å². The fourth-order valence-electron chi connectivity index (χ4n) is 8.33. The van der Waals surface area contributed by atoms with Gasteiger partial charge in [0, 0.05) is 31.1 Å². The van der Waals surface area contributed by atoms with E-state index in [0.717, 1.165) is 19.3 Å². The molecule has 0 radical (unpaired) electrons. The lowest BCUT2D eigenvalue weighted by atomic mass is 9.38. The Bertz CT molecular complexity index is 672. The number of ether oxygens (including phenoxy) is 3. The molecule has 29 heavy (non-hydrogen) atoms. The Morgan fingerprint density at radius 1 is 0.966 bits per heavy atom. The maximum Gasteiger partial charge on any atom is 0.304 e. The van der Waals surface area contributed by atoms with Crippen molar-refractivity contribution in [3.8, 4) is 0 Å². The Labute approximate surface area is 175 Å². The van der Waals surface area contributed by atoms with E-state index in [0.29, 0.717) is 30.5 Å². The molecule has 5 heteroatoms. The fraction of sp³-hybridized carbons (Fsp3) is 0.917. The van der Waals surface area contributed by atoms with E-state index in [2.05, 4.69) is 20.8 Å². The molecular formula is C24H38O5. The molecule has 0 amide bonds. The van der Waals surface area contributed by atoms with Gasteiger partial charge in [-0.25, -0.2) is 0 Å². The van der Waals surface area contributed by atoms with Crippen molar-refractivity contribution in [2.75, 3.05) is 13.2 Å². The van der Waals surface area contributed by atoms with Gasteiger partial charge in [0.05, 0.1) is 13.2 Å². The fourth-order valence-corrected chi connectivity index (χ4v) is 8.33. The van der Waals surface area contributed by atoms with Crippen LogP contribution in [0.15, 0.2) is 0 Å². The number of fused-ring (bicyclic) bond motifs is 5. The van der Waals surface area contributed by atoms with Crippen LogP contribution in [0.4, 0.5) is 0 Å². The Morgan fingerprint density at radius 3 is 2.41 bits per heavy atom.